The van der Waals surface area contributed by atoms with Crippen molar-refractivity contribution in [2.75, 3.05) is 0 Å². The van der Waals surface area contributed by atoms with Crippen molar-refractivity contribution in [3.63, 3.8) is 0 Å². The van der Waals surface area contributed by atoms with Crippen LogP contribution in [0.2, 0.25) is 13.1 Å². The SMILES string of the molecule is CC(C(N)=O)C(c1ccccc1)[Si](C)(C)F. The minimum atomic E-state index is -2.95. The second kappa shape index (κ2) is 4.78. The molecule has 2 nitrogen and oxygen atoms in total. The van der Waals surface area contributed by atoms with Crippen molar-refractivity contribution >= 4 is 14.3 Å². The molecule has 0 aliphatic carbocycles. The lowest BCUT2D eigenvalue weighted by Gasteiger charge is -2.29. The molecule has 4 heteroatoms. The quantitative estimate of drug-likeness (QED) is 0.637. The minimum absolute atomic E-state index is 0.369. The number of carbonyl (C=O) groups is 1. The smallest absolute Gasteiger partial charge is 0.249 e. The van der Waals surface area contributed by atoms with Crippen molar-refractivity contribution in [2.24, 2.45) is 11.7 Å². The van der Waals surface area contributed by atoms with Crippen LogP contribution in [-0.2, 0) is 4.79 Å². The van der Waals surface area contributed by atoms with E-state index in [2.05, 4.69) is 0 Å². The first-order valence-electron chi connectivity index (χ1n) is 5.37. The molecule has 0 aromatic heterocycles. The molecule has 2 atom stereocenters. The molecule has 0 saturated heterocycles. The Morgan fingerprint density at radius 1 is 1.31 bits per heavy atom. The number of nitrogens with two attached hydrogens (primary N) is 1. The zero-order chi connectivity index (χ0) is 12.3. The summed E-state index contributed by atoms with van der Waals surface area (Å²) in [6.07, 6.45) is 0. The highest BCUT2D eigenvalue weighted by molar-refractivity contribution is 6.72. The first-order valence-corrected chi connectivity index (χ1v) is 8.32. The Morgan fingerprint density at radius 2 is 1.81 bits per heavy atom. The molecule has 0 fully saturated rings. The molecule has 0 saturated carbocycles. The standard InChI is InChI=1S/C12H18FNOSi/c1-9(12(14)15)11(16(2,3)13)10-7-5-4-6-8-10/h4-9,11H,1-3H3,(H2,14,15). The third-order valence-corrected chi connectivity index (χ3v) is 5.16. The minimum Gasteiger partial charge on any atom is -0.369 e. The van der Waals surface area contributed by atoms with E-state index in [-0.39, 0.29) is 5.54 Å². The number of hydrogen-bond acceptors (Lipinski definition) is 1. The van der Waals surface area contributed by atoms with Gasteiger partial charge in [0.15, 0.2) is 0 Å². The highest BCUT2D eigenvalue weighted by atomic mass is 28.4. The van der Waals surface area contributed by atoms with Crippen LogP contribution in [0.5, 0.6) is 0 Å². The molecule has 0 aliphatic heterocycles. The summed E-state index contributed by atoms with van der Waals surface area (Å²) in [7, 11) is -2.95. The van der Waals surface area contributed by atoms with Gasteiger partial charge in [0.25, 0.3) is 0 Å². The van der Waals surface area contributed by atoms with Gasteiger partial charge in [-0.25, -0.2) is 0 Å². The van der Waals surface area contributed by atoms with E-state index in [0.29, 0.717) is 0 Å². The Bertz CT molecular complexity index is 361. The van der Waals surface area contributed by atoms with Gasteiger partial charge in [-0.1, -0.05) is 37.3 Å². The topological polar surface area (TPSA) is 43.1 Å². The Balaban J connectivity index is 3.12. The van der Waals surface area contributed by atoms with Crippen molar-refractivity contribution < 1.29 is 8.90 Å². The summed E-state index contributed by atoms with van der Waals surface area (Å²) in [6, 6.07) is 9.31. The monoisotopic (exact) mass is 239 g/mol. The van der Waals surface area contributed by atoms with Crippen LogP contribution in [0.25, 0.3) is 0 Å². The molecular weight excluding hydrogens is 221 g/mol. The fourth-order valence-corrected chi connectivity index (χ4v) is 4.44. The van der Waals surface area contributed by atoms with Crippen LogP contribution in [-0.4, -0.2) is 14.3 Å². The van der Waals surface area contributed by atoms with Crippen molar-refractivity contribution in [1.82, 2.24) is 0 Å². The maximum absolute atomic E-state index is 14.3. The van der Waals surface area contributed by atoms with E-state index in [4.69, 9.17) is 5.73 Å². The zero-order valence-electron chi connectivity index (χ0n) is 9.91. The normalized spacial score (nSPS) is 15.5. The first kappa shape index (κ1) is 12.9. The van der Waals surface area contributed by atoms with Crippen molar-refractivity contribution in [3.8, 4) is 0 Å². The number of hydrogen-bond donors (Lipinski definition) is 1. The lowest BCUT2D eigenvalue weighted by Crippen LogP contribution is -2.39. The van der Waals surface area contributed by atoms with Gasteiger partial charge in [-0.05, 0) is 18.7 Å². The molecule has 16 heavy (non-hydrogen) atoms. The van der Waals surface area contributed by atoms with E-state index < -0.39 is 20.2 Å². The second-order valence-corrected chi connectivity index (χ2v) is 8.39. The average Bonchev–Trinajstić information content (AvgIpc) is 2.17. The largest absolute Gasteiger partial charge is 0.369 e. The maximum atomic E-state index is 14.3. The Hall–Kier alpha value is -1.16. The van der Waals surface area contributed by atoms with E-state index in [1.807, 2.05) is 30.3 Å². The molecule has 88 valence electrons. The van der Waals surface area contributed by atoms with Gasteiger partial charge in [0, 0.05) is 11.5 Å². The summed E-state index contributed by atoms with van der Waals surface area (Å²) in [5.74, 6) is -0.902. The molecular formula is C12H18FNOSi. The van der Waals surface area contributed by atoms with Crippen LogP contribution < -0.4 is 5.73 Å². The average molecular weight is 239 g/mol. The summed E-state index contributed by atoms with van der Waals surface area (Å²) >= 11 is 0. The second-order valence-electron chi connectivity index (χ2n) is 4.64. The maximum Gasteiger partial charge on any atom is 0.249 e. The number of rotatable bonds is 4. The first-order chi connectivity index (χ1) is 7.34. The highest BCUT2D eigenvalue weighted by Gasteiger charge is 2.40. The van der Waals surface area contributed by atoms with Crippen molar-refractivity contribution in [1.29, 1.82) is 0 Å². The molecule has 0 heterocycles. The van der Waals surface area contributed by atoms with Gasteiger partial charge in [0.05, 0.1) is 0 Å². The molecule has 1 amide bonds. The molecule has 1 rings (SSSR count). The number of benzene rings is 1. The van der Waals surface area contributed by atoms with E-state index in [1.165, 1.54) is 0 Å². The van der Waals surface area contributed by atoms with Gasteiger partial charge >= 0.3 is 0 Å². The lowest BCUT2D eigenvalue weighted by molar-refractivity contribution is -0.121. The fraction of sp³-hybridized carbons (Fsp3) is 0.417. The lowest BCUT2D eigenvalue weighted by atomic mass is 10.00. The number of halogens is 1. The molecule has 0 spiro atoms. The van der Waals surface area contributed by atoms with Gasteiger partial charge in [0.1, 0.15) is 0 Å². The Labute approximate surface area is 96.8 Å². The van der Waals surface area contributed by atoms with Crippen molar-refractivity contribution in [2.45, 2.75) is 25.6 Å². The summed E-state index contributed by atoms with van der Waals surface area (Å²) in [4.78, 5) is 11.2. The van der Waals surface area contributed by atoms with E-state index in [0.717, 1.165) is 5.56 Å². The van der Waals surface area contributed by atoms with Crippen LogP contribution in [0.1, 0.15) is 18.0 Å². The molecule has 0 aliphatic rings. The molecule has 0 radical (unpaired) electrons. The van der Waals surface area contributed by atoms with Gasteiger partial charge in [-0.15, -0.1) is 0 Å². The molecule has 2 unspecified atom stereocenters. The number of carbonyl (C=O) groups excluding carboxylic acids is 1. The van der Waals surface area contributed by atoms with Crippen LogP contribution in [0.15, 0.2) is 30.3 Å². The molecule has 1 aromatic rings. The van der Waals surface area contributed by atoms with Gasteiger partial charge in [-0.3, -0.25) is 4.79 Å². The Morgan fingerprint density at radius 3 is 2.19 bits per heavy atom. The Kier molecular flexibility index (Phi) is 3.86. The van der Waals surface area contributed by atoms with Crippen LogP contribution in [0.4, 0.5) is 4.11 Å². The molecule has 1 aromatic carbocycles. The van der Waals surface area contributed by atoms with Crippen LogP contribution >= 0.6 is 0 Å². The predicted molar refractivity (Wildman–Crippen MR) is 66.1 cm³/mol. The third-order valence-electron chi connectivity index (χ3n) is 2.85. The van der Waals surface area contributed by atoms with Crippen LogP contribution in [0, 0.1) is 5.92 Å². The summed E-state index contributed by atoms with van der Waals surface area (Å²) in [5.41, 5.74) is 5.79. The zero-order valence-corrected chi connectivity index (χ0v) is 10.9. The van der Waals surface area contributed by atoms with E-state index in [9.17, 15) is 8.90 Å². The molecule has 2 N–H and O–H groups in total. The fourth-order valence-electron chi connectivity index (χ4n) is 2.10. The number of primary amides is 1. The van der Waals surface area contributed by atoms with Gasteiger partial charge in [-0.2, -0.15) is 0 Å². The summed E-state index contributed by atoms with van der Waals surface area (Å²) in [6.45, 7) is 4.93. The van der Waals surface area contributed by atoms with E-state index >= 15 is 0 Å². The third kappa shape index (κ3) is 2.92. The summed E-state index contributed by atoms with van der Waals surface area (Å²) in [5, 5.41) is 0. The van der Waals surface area contributed by atoms with Crippen molar-refractivity contribution in [3.05, 3.63) is 35.9 Å². The van der Waals surface area contributed by atoms with Gasteiger partial charge in [0.2, 0.25) is 14.3 Å². The number of amides is 1. The highest BCUT2D eigenvalue weighted by Crippen LogP contribution is 2.34. The molecule has 0 bridgehead atoms. The summed E-state index contributed by atoms with van der Waals surface area (Å²) < 4.78 is 14.3. The van der Waals surface area contributed by atoms with E-state index in [1.54, 1.807) is 20.0 Å². The predicted octanol–water partition coefficient (Wildman–Crippen LogP) is 2.61. The van der Waals surface area contributed by atoms with Crippen LogP contribution in [0.3, 0.4) is 0 Å². The van der Waals surface area contributed by atoms with Gasteiger partial charge < -0.3 is 9.84 Å².